The number of carbonyl (C=O) groups is 3. The summed E-state index contributed by atoms with van der Waals surface area (Å²) in [5, 5.41) is 8.97. The fraction of sp³-hybridized carbons (Fsp3) is 0.190. The molecule has 8 heteroatoms. The number of aromatic nitrogens is 1. The molecule has 0 aliphatic heterocycles. The van der Waals surface area contributed by atoms with E-state index in [4.69, 9.17) is 0 Å². The molecule has 2 aromatic carbocycles. The molecule has 0 bridgehead atoms. The third-order valence-corrected chi connectivity index (χ3v) is 5.06. The first-order chi connectivity index (χ1) is 13.9. The highest BCUT2D eigenvalue weighted by Gasteiger charge is 2.22. The maximum Gasteiger partial charge on any atom is 0.243 e. The van der Waals surface area contributed by atoms with Crippen LogP contribution in [0.25, 0.3) is 10.9 Å². The summed E-state index contributed by atoms with van der Waals surface area (Å²) in [5.41, 5.74) is 2.48. The molecule has 29 heavy (non-hydrogen) atoms. The average molecular weight is 457 g/mol. The Hall–Kier alpha value is -3.13. The first kappa shape index (κ1) is 20.6. The number of para-hydroxylation sites is 2. The van der Waals surface area contributed by atoms with Crippen molar-refractivity contribution < 1.29 is 14.4 Å². The lowest BCUT2D eigenvalue weighted by Gasteiger charge is -2.17. The maximum atomic E-state index is 12.6. The molecule has 0 spiro atoms. The minimum Gasteiger partial charge on any atom is -0.361 e. The van der Waals surface area contributed by atoms with E-state index in [2.05, 4.69) is 36.9 Å². The lowest BCUT2D eigenvalue weighted by atomic mass is 10.0. The first-order valence-electron chi connectivity index (χ1n) is 9.08. The molecule has 3 rings (SSSR count). The third-order valence-electron chi connectivity index (χ3n) is 4.36. The molecule has 150 valence electrons. The van der Waals surface area contributed by atoms with Gasteiger partial charge in [-0.2, -0.15) is 0 Å². The Kier molecular flexibility index (Phi) is 6.66. The standard InChI is InChI=1S/C21H21BrN4O3/c1-13(27)25-19(10-14-11-23-17-8-4-2-6-15(14)17)21(29)24-12-20(28)26-18-9-5-3-7-16(18)22/h2-9,11,19,23H,10,12H2,1H3,(H,24,29)(H,25,27)(H,26,28)/t19-/m1/s1. The number of anilines is 1. The maximum absolute atomic E-state index is 12.6. The van der Waals surface area contributed by atoms with E-state index < -0.39 is 11.9 Å². The summed E-state index contributed by atoms with van der Waals surface area (Å²) >= 11 is 3.36. The van der Waals surface area contributed by atoms with Crippen LogP contribution >= 0.6 is 15.9 Å². The number of rotatable bonds is 7. The van der Waals surface area contributed by atoms with Gasteiger partial charge in [-0.15, -0.1) is 0 Å². The second kappa shape index (κ2) is 9.38. The van der Waals surface area contributed by atoms with Crippen LogP contribution in [0.1, 0.15) is 12.5 Å². The van der Waals surface area contributed by atoms with E-state index in [1.165, 1.54) is 6.92 Å². The Labute approximate surface area is 176 Å². The number of halogens is 1. The van der Waals surface area contributed by atoms with Crippen molar-refractivity contribution in [2.24, 2.45) is 0 Å². The van der Waals surface area contributed by atoms with Crippen molar-refractivity contribution in [1.29, 1.82) is 0 Å². The van der Waals surface area contributed by atoms with Crippen molar-refractivity contribution >= 4 is 50.2 Å². The molecule has 1 heterocycles. The number of nitrogens with one attached hydrogen (secondary N) is 4. The zero-order chi connectivity index (χ0) is 20.8. The molecule has 0 unspecified atom stereocenters. The topological polar surface area (TPSA) is 103 Å². The van der Waals surface area contributed by atoms with Crippen molar-refractivity contribution in [2.75, 3.05) is 11.9 Å². The molecule has 7 nitrogen and oxygen atoms in total. The monoisotopic (exact) mass is 456 g/mol. The minimum atomic E-state index is -0.789. The Morgan fingerprint density at radius 2 is 1.79 bits per heavy atom. The Morgan fingerprint density at radius 1 is 1.07 bits per heavy atom. The van der Waals surface area contributed by atoms with Crippen LogP contribution in [0.3, 0.4) is 0 Å². The summed E-state index contributed by atoms with van der Waals surface area (Å²) in [5.74, 6) is -1.10. The number of hydrogen-bond acceptors (Lipinski definition) is 3. The van der Waals surface area contributed by atoms with Crippen LogP contribution in [-0.2, 0) is 20.8 Å². The summed E-state index contributed by atoms with van der Waals surface area (Å²) in [6.45, 7) is 1.15. The zero-order valence-corrected chi connectivity index (χ0v) is 17.4. The lowest BCUT2D eigenvalue weighted by Crippen LogP contribution is -2.49. The second-order valence-electron chi connectivity index (χ2n) is 6.56. The van der Waals surface area contributed by atoms with Crippen LogP contribution in [0.2, 0.25) is 0 Å². The van der Waals surface area contributed by atoms with Gasteiger partial charge in [0.15, 0.2) is 0 Å². The second-order valence-corrected chi connectivity index (χ2v) is 7.42. The van der Waals surface area contributed by atoms with Gasteiger partial charge in [-0.25, -0.2) is 0 Å². The van der Waals surface area contributed by atoms with E-state index in [0.29, 0.717) is 12.1 Å². The van der Waals surface area contributed by atoms with E-state index >= 15 is 0 Å². The van der Waals surface area contributed by atoms with Crippen LogP contribution < -0.4 is 16.0 Å². The van der Waals surface area contributed by atoms with Gasteiger partial charge in [-0.3, -0.25) is 14.4 Å². The third kappa shape index (κ3) is 5.45. The van der Waals surface area contributed by atoms with Gasteiger partial charge in [-0.1, -0.05) is 30.3 Å². The fourth-order valence-electron chi connectivity index (χ4n) is 3.02. The molecule has 0 aliphatic carbocycles. The van der Waals surface area contributed by atoms with Crippen molar-refractivity contribution in [1.82, 2.24) is 15.6 Å². The van der Waals surface area contributed by atoms with E-state index in [0.717, 1.165) is 20.9 Å². The van der Waals surface area contributed by atoms with Crippen molar-refractivity contribution in [3.8, 4) is 0 Å². The highest BCUT2D eigenvalue weighted by atomic mass is 79.9. The number of carbonyl (C=O) groups excluding carboxylic acids is 3. The van der Waals surface area contributed by atoms with Gasteiger partial charge in [0.25, 0.3) is 0 Å². The lowest BCUT2D eigenvalue weighted by molar-refractivity contribution is -0.129. The van der Waals surface area contributed by atoms with Gasteiger partial charge in [0.05, 0.1) is 12.2 Å². The van der Waals surface area contributed by atoms with Crippen molar-refractivity contribution in [3.63, 3.8) is 0 Å². The van der Waals surface area contributed by atoms with Crippen LogP contribution in [0, 0.1) is 0 Å². The number of aromatic amines is 1. The molecule has 3 aromatic rings. The van der Waals surface area contributed by atoms with Crippen molar-refractivity contribution in [3.05, 3.63) is 64.8 Å². The van der Waals surface area contributed by atoms with Gasteiger partial charge in [0.1, 0.15) is 6.04 Å². The predicted molar refractivity (Wildman–Crippen MR) is 115 cm³/mol. The Bertz CT molecular complexity index is 1050. The quantitative estimate of drug-likeness (QED) is 0.439. The molecule has 0 radical (unpaired) electrons. The summed E-state index contributed by atoms with van der Waals surface area (Å²) in [6.07, 6.45) is 2.13. The van der Waals surface area contributed by atoms with E-state index in [1.54, 1.807) is 12.1 Å². The fourth-order valence-corrected chi connectivity index (χ4v) is 3.41. The van der Waals surface area contributed by atoms with Gasteiger partial charge in [0.2, 0.25) is 17.7 Å². The average Bonchev–Trinajstić information content (AvgIpc) is 3.10. The molecule has 1 atom stereocenters. The van der Waals surface area contributed by atoms with Crippen molar-refractivity contribution in [2.45, 2.75) is 19.4 Å². The van der Waals surface area contributed by atoms with Crippen LogP contribution in [0.5, 0.6) is 0 Å². The number of H-pyrrole nitrogens is 1. The summed E-state index contributed by atoms with van der Waals surface area (Å²) in [6, 6.07) is 14.1. The first-order valence-corrected chi connectivity index (χ1v) is 9.87. The number of fused-ring (bicyclic) bond motifs is 1. The summed E-state index contributed by atoms with van der Waals surface area (Å²) in [4.78, 5) is 39.5. The SMILES string of the molecule is CC(=O)N[C@H](Cc1c[nH]c2ccccc12)C(=O)NCC(=O)Nc1ccccc1Br. The van der Waals surface area contributed by atoms with E-state index in [9.17, 15) is 14.4 Å². The number of amides is 3. The van der Waals surface area contributed by atoms with Gasteiger partial charge in [0, 0.05) is 34.9 Å². The molecule has 1 aromatic heterocycles. The predicted octanol–water partition coefficient (Wildman–Crippen LogP) is 2.73. The molecule has 4 N–H and O–H groups in total. The van der Waals surface area contributed by atoms with Gasteiger partial charge >= 0.3 is 0 Å². The van der Waals surface area contributed by atoms with Crippen LogP contribution in [-0.4, -0.2) is 35.3 Å². The number of hydrogen-bond donors (Lipinski definition) is 4. The summed E-state index contributed by atoms with van der Waals surface area (Å²) in [7, 11) is 0. The molecule has 0 aliphatic rings. The molecule has 3 amide bonds. The molecule has 0 saturated heterocycles. The molecular weight excluding hydrogens is 436 g/mol. The summed E-state index contributed by atoms with van der Waals surface area (Å²) < 4.78 is 0.745. The Morgan fingerprint density at radius 3 is 2.55 bits per heavy atom. The highest BCUT2D eigenvalue weighted by molar-refractivity contribution is 9.10. The van der Waals surface area contributed by atoms with Crippen LogP contribution in [0.4, 0.5) is 5.69 Å². The van der Waals surface area contributed by atoms with Gasteiger partial charge < -0.3 is 20.9 Å². The molecule has 0 fully saturated rings. The van der Waals surface area contributed by atoms with Crippen LogP contribution in [0.15, 0.2) is 59.2 Å². The largest absolute Gasteiger partial charge is 0.361 e. The minimum absolute atomic E-state index is 0.204. The molecular formula is C21H21BrN4O3. The highest BCUT2D eigenvalue weighted by Crippen LogP contribution is 2.21. The Balaban J connectivity index is 1.64. The smallest absolute Gasteiger partial charge is 0.243 e. The number of benzene rings is 2. The van der Waals surface area contributed by atoms with E-state index in [-0.39, 0.29) is 18.4 Å². The normalized spacial score (nSPS) is 11.7. The molecule has 0 saturated carbocycles. The zero-order valence-electron chi connectivity index (χ0n) is 15.8. The van der Waals surface area contributed by atoms with E-state index in [1.807, 2.05) is 42.6 Å². The van der Waals surface area contributed by atoms with Gasteiger partial charge in [-0.05, 0) is 39.7 Å².